The van der Waals surface area contributed by atoms with E-state index in [1.165, 1.54) is 11.3 Å². The Morgan fingerprint density at radius 3 is 2.93 bits per heavy atom. The van der Waals surface area contributed by atoms with Gasteiger partial charge in [-0.1, -0.05) is 17.2 Å². The second kappa shape index (κ2) is 4.69. The van der Waals surface area contributed by atoms with Gasteiger partial charge in [-0.2, -0.15) is 0 Å². The zero-order chi connectivity index (χ0) is 10.7. The van der Waals surface area contributed by atoms with Crippen LogP contribution in [0.15, 0.2) is 28.2 Å². The van der Waals surface area contributed by atoms with Gasteiger partial charge in [-0.25, -0.2) is 0 Å². The normalized spacial score (nSPS) is 10.3. The van der Waals surface area contributed by atoms with E-state index < -0.39 is 0 Å². The van der Waals surface area contributed by atoms with Crippen molar-refractivity contribution < 1.29 is 9.84 Å². The maximum absolute atomic E-state index is 8.94. The minimum absolute atomic E-state index is 0.00296. The molecule has 0 saturated carbocycles. The van der Waals surface area contributed by atoms with E-state index in [1.54, 1.807) is 12.1 Å². The van der Waals surface area contributed by atoms with Gasteiger partial charge in [0, 0.05) is 0 Å². The number of aliphatic hydroxyl groups is 1. The summed E-state index contributed by atoms with van der Waals surface area (Å²) in [6.45, 7) is -0.00296. The van der Waals surface area contributed by atoms with E-state index in [1.807, 2.05) is 12.1 Å². The van der Waals surface area contributed by atoms with Crippen molar-refractivity contribution in [1.82, 2.24) is 10.2 Å². The molecule has 0 aliphatic rings. The molecule has 4 nitrogen and oxygen atoms in total. The van der Waals surface area contributed by atoms with Gasteiger partial charge < -0.3 is 9.84 Å². The number of aliphatic hydroxyl groups excluding tert-OH is 1. The lowest BCUT2D eigenvalue weighted by Gasteiger charge is -2.02. The van der Waals surface area contributed by atoms with Gasteiger partial charge in [-0.15, -0.1) is 5.10 Å². The van der Waals surface area contributed by atoms with Crippen molar-refractivity contribution in [3.05, 3.63) is 33.7 Å². The number of ether oxygens (including phenoxy) is 1. The van der Waals surface area contributed by atoms with Gasteiger partial charge in [0.2, 0.25) is 0 Å². The van der Waals surface area contributed by atoms with Crippen LogP contribution in [0.25, 0.3) is 0 Å². The molecule has 2 aromatic rings. The highest BCUT2D eigenvalue weighted by molar-refractivity contribution is 9.11. The summed E-state index contributed by atoms with van der Waals surface area (Å²) >= 11 is 4.50. The van der Waals surface area contributed by atoms with Crippen molar-refractivity contribution in [3.63, 3.8) is 0 Å². The van der Waals surface area contributed by atoms with Crippen molar-refractivity contribution in [3.8, 4) is 10.9 Å². The number of aromatic nitrogens is 2. The van der Waals surface area contributed by atoms with E-state index in [-0.39, 0.29) is 6.61 Å². The van der Waals surface area contributed by atoms with Gasteiger partial charge in [0.15, 0.2) is 3.92 Å². The van der Waals surface area contributed by atoms with Gasteiger partial charge in [-0.3, -0.25) is 0 Å². The molecule has 0 unspecified atom stereocenters. The molecule has 6 heteroatoms. The summed E-state index contributed by atoms with van der Waals surface area (Å²) in [6, 6.07) is 7.20. The summed E-state index contributed by atoms with van der Waals surface area (Å²) in [5, 5.41) is 17.0. The second-order valence-corrected chi connectivity index (χ2v) is 4.94. The molecule has 1 N–H and O–H groups in total. The topological polar surface area (TPSA) is 55.2 Å². The minimum Gasteiger partial charge on any atom is -0.430 e. The van der Waals surface area contributed by atoms with Crippen LogP contribution in [0.5, 0.6) is 10.9 Å². The van der Waals surface area contributed by atoms with E-state index in [0.717, 1.165) is 5.56 Å². The SMILES string of the molecule is OCc1cccc(Oc2nnc(Br)s2)c1. The molecule has 1 heterocycles. The third kappa shape index (κ3) is 2.74. The molecule has 15 heavy (non-hydrogen) atoms. The number of nitrogens with zero attached hydrogens (tertiary/aromatic N) is 2. The van der Waals surface area contributed by atoms with Crippen LogP contribution in [0.1, 0.15) is 5.56 Å². The molecule has 1 aromatic heterocycles. The Labute approximate surface area is 98.7 Å². The van der Waals surface area contributed by atoms with Crippen LogP contribution < -0.4 is 4.74 Å². The van der Waals surface area contributed by atoms with E-state index >= 15 is 0 Å². The molecular formula is C9H7BrN2O2S. The number of hydrogen-bond donors (Lipinski definition) is 1. The predicted octanol–water partition coefficient (Wildman–Crippen LogP) is 2.59. The smallest absolute Gasteiger partial charge is 0.300 e. The first-order valence-corrected chi connectivity index (χ1v) is 5.75. The quantitative estimate of drug-likeness (QED) is 0.942. The van der Waals surface area contributed by atoms with E-state index in [0.29, 0.717) is 14.9 Å². The molecule has 0 saturated heterocycles. The summed E-state index contributed by atoms with van der Waals surface area (Å²) in [6.07, 6.45) is 0. The molecule has 0 amide bonds. The molecule has 0 bridgehead atoms. The van der Waals surface area contributed by atoms with E-state index in [9.17, 15) is 0 Å². The predicted molar refractivity (Wildman–Crippen MR) is 60.0 cm³/mol. The Balaban J connectivity index is 2.16. The molecule has 0 radical (unpaired) electrons. The first-order valence-electron chi connectivity index (χ1n) is 4.14. The van der Waals surface area contributed by atoms with Gasteiger partial charge in [0.05, 0.1) is 6.61 Å². The second-order valence-electron chi connectivity index (χ2n) is 2.73. The Hall–Kier alpha value is -0.980. The zero-order valence-corrected chi connectivity index (χ0v) is 9.96. The molecule has 0 fully saturated rings. The summed E-state index contributed by atoms with van der Waals surface area (Å²) in [7, 11) is 0. The number of hydrogen-bond acceptors (Lipinski definition) is 5. The van der Waals surface area contributed by atoms with Crippen LogP contribution in [0.3, 0.4) is 0 Å². The van der Waals surface area contributed by atoms with Crippen LogP contribution in [0.2, 0.25) is 0 Å². The summed E-state index contributed by atoms with van der Waals surface area (Å²) in [5.74, 6) is 0.644. The molecule has 0 spiro atoms. The van der Waals surface area contributed by atoms with E-state index in [2.05, 4.69) is 26.1 Å². The third-order valence-electron chi connectivity index (χ3n) is 1.67. The summed E-state index contributed by atoms with van der Waals surface area (Å²) in [5.41, 5.74) is 0.802. The Bertz CT molecular complexity index is 461. The highest BCUT2D eigenvalue weighted by Crippen LogP contribution is 2.27. The molecule has 2 rings (SSSR count). The minimum atomic E-state index is -0.00296. The molecule has 1 aromatic carbocycles. The number of halogens is 1. The lowest BCUT2D eigenvalue weighted by molar-refractivity contribution is 0.281. The van der Waals surface area contributed by atoms with Gasteiger partial charge in [-0.05, 0) is 45.0 Å². The fourth-order valence-electron chi connectivity index (χ4n) is 1.04. The Morgan fingerprint density at radius 2 is 2.27 bits per heavy atom. The van der Waals surface area contributed by atoms with E-state index in [4.69, 9.17) is 9.84 Å². The average Bonchev–Trinajstić information content (AvgIpc) is 2.64. The highest BCUT2D eigenvalue weighted by Gasteiger charge is 2.04. The van der Waals surface area contributed by atoms with Crippen molar-refractivity contribution >= 4 is 27.3 Å². The van der Waals surface area contributed by atoms with Gasteiger partial charge in [0.25, 0.3) is 5.19 Å². The summed E-state index contributed by atoms with van der Waals surface area (Å²) < 4.78 is 6.12. The Morgan fingerprint density at radius 1 is 1.40 bits per heavy atom. The van der Waals surface area contributed by atoms with Crippen LogP contribution in [-0.4, -0.2) is 15.3 Å². The lowest BCUT2D eigenvalue weighted by Crippen LogP contribution is -1.86. The van der Waals surface area contributed by atoms with Crippen molar-refractivity contribution in [2.24, 2.45) is 0 Å². The highest BCUT2D eigenvalue weighted by atomic mass is 79.9. The van der Waals surface area contributed by atoms with Crippen molar-refractivity contribution in [2.75, 3.05) is 0 Å². The Kier molecular flexibility index (Phi) is 3.30. The first-order chi connectivity index (χ1) is 7.28. The first kappa shape index (κ1) is 10.5. The van der Waals surface area contributed by atoms with Crippen molar-refractivity contribution in [2.45, 2.75) is 6.61 Å². The van der Waals surface area contributed by atoms with Gasteiger partial charge >= 0.3 is 0 Å². The van der Waals surface area contributed by atoms with Crippen LogP contribution in [-0.2, 0) is 6.61 Å². The number of benzene rings is 1. The fraction of sp³-hybridized carbons (Fsp3) is 0.111. The third-order valence-corrected chi connectivity index (χ3v) is 2.90. The van der Waals surface area contributed by atoms with Crippen molar-refractivity contribution in [1.29, 1.82) is 0 Å². The van der Waals surface area contributed by atoms with Crippen LogP contribution in [0.4, 0.5) is 0 Å². The van der Waals surface area contributed by atoms with Crippen LogP contribution in [0, 0.1) is 0 Å². The molecule has 0 aliphatic heterocycles. The maximum Gasteiger partial charge on any atom is 0.300 e. The zero-order valence-electron chi connectivity index (χ0n) is 7.55. The molecule has 0 aliphatic carbocycles. The molecular weight excluding hydrogens is 280 g/mol. The average molecular weight is 287 g/mol. The van der Waals surface area contributed by atoms with Crippen LogP contribution >= 0.6 is 27.3 Å². The van der Waals surface area contributed by atoms with Gasteiger partial charge in [0.1, 0.15) is 5.75 Å². The summed E-state index contributed by atoms with van der Waals surface area (Å²) in [4.78, 5) is 0. The lowest BCUT2D eigenvalue weighted by atomic mass is 10.2. The largest absolute Gasteiger partial charge is 0.430 e. The molecule has 78 valence electrons. The fourth-order valence-corrected chi connectivity index (χ4v) is 1.98. The monoisotopic (exact) mass is 286 g/mol. The number of rotatable bonds is 3. The standard InChI is InChI=1S/C9H7BrN2O2S/c10-8-11-12-9(15-8)14-7-3-1-2-6(4-7)5-13/h1-4,13H,5H2. The molecule has 0 atom stereocenters. The maximum atomic E-state index is 8.94.